The number of carbonyl (C=O) groups is 2. The van der Waals surface area contributed by atoms with Crippen molar-refractivity contribution in [3.63, 3.8) is 0 Å². The van der Waals surface area contributed by atoms with E-state index >= 15 is 0 Å². The van der Waals surface area contributed by atoms with Gasteiger partial charge in [0, 0.05) is 72.4 Å². The minimum atomic E-state index is -0.584. The topological polar surface area (TPSA) is 109 Å². The van der Waals surface area contributed by atoms with Crippen molar-refractivity contribution in [1.82, 2.24) is 29.7 Å². The van der Waals surface area contributed by atoms with Crippen LogP contribution in [0.2, 0.25) is 0 Å². The molecule has 2 aliphatic rings. The SMILES string of the molecule is CCCCC(=O)N1CCN(C2c3ncc(Br)cc3CCc3cc(N)cc(Br)c32)CC1C(=O)NCCCn1ccnc1. The molecule has 0 bridgehead atoms. The number of carbonyl (C=O) groups excluding carboxylic acids is 2. The van der Waals surface area contributed by atoms with Crippen LogP contribution in [-0.4, -0.2) is 68.4 Å². The Morgan fingerprint density at radius 1 is 1.12 bits per heavy atom. The molecule has 2 amide bonds. The first kappa shape index (κ1) is 29.7. The maximum Gasteiger partial charge on any atom is 0.244 e. The van der Waals surface area contributed by atoms with Crippen LogP contribution >= 0.6 is 31.9 Å². The fourth-order valence-corrected chi connectivity index (χ4v) is 7.07. The van der Waals surface area contributed by atoms with E-state index in [0.717, 1.165) is 58.9 Å². The number of piperazine rings is 1. The highest BCUT2D eigenvalue weighted by Gasteiger charge is 2.40. The second-order valence-corrected chi connectivity index (χ2v) is 12.6. The van der Waals surface area contributed by atoms with Crippen LogP contribution in [0.15, 0.2) is 52.1 Å². The fraction of sp³-hybridized carbons (Fsp3) is 0.467. The van der Waals surface area contributed by atoms with E-state index in [9.17, 15) is 9.59 Å². The normalized spacial score (nSPS) is 18.9. The molecule has 2 atom stereocenters. The predicted molar refractivity (Wildman–Crippen MR) is 166 cm³/mol. The lowest BCUT2D eigenvalue weighted by molar-refractivity contribution is -0.144. The molecular formula is C30H37Br2N7O2. The number of unbranched alkanes of at least 4 members (excludes halogenated alkanes) is 1. The van der Waals surface area contributed by atoms with Crippen LogP contribution in [0.3, 0.4) is 0 Å². The molecule has 5 rings (SSSR count). The Hall–Kier alpha value is -2.76. The number of aromatic nitrogens is 3. The van der Waals surface area contributed by atoms with Crippen molar-refractivity contribution >= 4 is 49.4 Å². The van der Waals surface area contributed by atoms with Crippen molar-refractivity contribution < 1.29 is 9.59 Å². The van der Waals surface area contributed by atoms with Gasteiger partial charge >= 0.3 is 0 Å². The Morgan fingerprint density at radius 2 is 1.95 bits per heavy atom. The molecule has 3 heterocycles. The number of amides is 2. The van der Waals surface area contributed by atoms with Gasteiger partial charge in [-0.3, -0.25) is 19.5 Å². The summed E-state index contributed by atoms with van der Waals surface area (Å²) in [6.07, 6.45) is 11.9. The fourth-order valence-electron chi connectivity index (χ4n) is 5.95. The van der Waals surface area contributed by atoms with Gasteiger partial charge in [0.05, 0.1) is 18.1 Å². The number of imidazole rings is 1. The lowest BCUT2D eigenvalue weighted by Gasteiger charge is -2.44. The molecule has 1 fully saturated rings. The van der Waals surface area contributed by atoms with Gasteiger partial charge in [-0.25, -0.2) is 4.98 Å². The smallest absolute Gasteiger partial charge is 0.244 e. The van der Waals surface area contributed by atoms with E-state index in [1.165, 1.54) is 11.1 Å². The van der Waals surface area contributed by atoms with Crippen molar-refractivity contribution in [2.24, 2.45) is 0 Å². The zero-order chi connectivity index (χ0) is 28.9. The number of nitrogens with two attached hydrogens (primary N) is 1. The number of pyridine rings is 1. The molecule has 0 spiro atoms. The third-order valence-electron chi connectivity index (χ3n) is 8.00. The number of hydrogen-bond acceptors (Lipinski definition) is 6. The van der Waals surface area contributed by atoms with Crippen molar-refractivity contribution in [1.29, 1.82) is 0 Å². The molecule has 2 unspecified atom stereocenters. The minimum Gasteiger partial charge on any atom is -0.399 e. The Morgan fingerprint density at radius 3 is 2.73 bits per heavy atom. The number of nitrogen functional groups attached to an aromatic ring is 1. The van der Waals surface area contributed by atoms with Crippen molar-refractivity contribution in [3.05, 3.63) is 74.4 Å². The zero-order valence-electron chi connectivity index (χ0n) is 23.4. The largest absolute Gasteiger partial charge is 0.399 e. The van der Waals surface area contributed by atoms with Crippen molar-refractivity contribution in [2.75, 3.05) is 31.9 Å². The number of anilines is 1. The first-order valence-corrected chi connectivity index (χ1v) is 15.9. The standard InChI is InChI=1S/C30H37Br2N7O2/c1-2-3-5-26(40)39-13-12-38(18-25(39)30(41)35-8-4-10-37-11-9-34-19-37)29-27-20(15-23(33)16-24(27)32)6-7-21-14-22(31)17-36-28(21)29/h9,11,14-17,19,25,29H,2-8,10,12-13,18,33H2,1H3,(H,35,41). The molecule has 3 N–H and O–H groups in total. The molecular weight excluding hydrogens is 650 g/mol. The first-order chi connectivity index (χ1) is 19.9. The van der Waals surface area contributed by atoms with Gasteiger partial charge in [-0.1, -0.05) is 29.3 Å². The summed E-state index contributed by atoms with van der Waals surface area (Å²) < 4.78 is 3.88. The highest BCUT2D eigenvalue weighted by atomic mass is 79.9. The third-order valence-corrected chi connectivity index (χ3v) is 9.09. The summed E-state index contributed by atoms with van der Waals surface area (Å²) in [6.45, 7) is 4.92. The number of aryl methyl sites for hydroxylation is 3. The Kier molecular flexibility index (Phi) is 9.77. The Bertz CT molecular complexity index is 1380. The summed E-state index contributed by atoms with van der Waals surface area (Å²) in [5.41, 5.74) is 11.5. The second-order valence-electron chi connectivity index (χ2n) is 10.8. The van der Waals surface area contributed by atoms with Crippen LogP contribution in [-0.2, 0) is 29.0 Å². The zero-order valence-corrected chi connectivity index (χ0v) is 26.5. The molecule has 3 aromatic rings. The Labute approximate surface area is 258 Å². The number of fused-ring (bicyclic) bond motifs is 2. The van der Waals surface area contributed by atoms with Crippen molar-refractivity contribution in [2.45, 2.75) is 64.1 Å². The van der Waals surface area contributed by atoms with Crippen molar-refractivity contribution in [3.8, 4) is 0 Å². The summed E-state index contributed by atoms with van der Waals surface area (Å²) in [7, 11) is 0. The van der Waals surface area contributed by atoms with Crippen LogP contribution < -0.4 is 11.1 Å². The highest BCUT2D eigenvalue weighted by Crippen LogP contribution is 2.42. The Balaban J connectivity index is 1.43. The van der Waals surface area contributed by atoms with Crippen LogP contribution in [0.1, 0.15) is 61.0 Å². The summed E-state index contributed by atoms with van der Waals surface area (Å²) in [5, 5.41) is 3.12. The summed E-state index contributed by atoms with van der Waals surface area (Å²) in [5.74, 6) is -0.0675. The van der Waals surface area contributed by atoms with Gasteiger partial charge < -0.3 is 20.5 Å². The third kappa shape index (κ3) is 6.84. The average molecular weight is 687 g/mol. The van der Waals surface area contributed by atoms with E-state index < -0.39 is 6.04 Å². The number of nitrogens with zero attached hydrogens (tertiary/aromatic N) is 5. The maximum absolute atomic E-state index is 13.7. The number of rotatable bonds is 9. The quantitative estimate of drug-likeness (QED) is 0.254. The van der Waals surface area contributed by atoms with E-state index in [1.807, 2.05) is 23.0 Å². The summed E-state index contributed by atoms with van der Waals surface area (Å²) >= 11 is 7.41. The number of benzene rings is 1. The van der Waals surface area contributed by atoms with Crippen LogP contribution in [0.25, 0.3) is 0 Å². The molecule has 1 saturated heterocycles. The molecule has 0 saturated carbocycles. The van der Waals surface area contributed by atoms with Gasteiger partial charge in [0.15, 0.2) is 0 Å². The second kappa shape index (κ2) is 13.5. The van der Waals surface area contributed by atoms with E-state index in [0.29, 0.717) is 38.3 Å². The molecule has 1 aliphatic carbocycles. The molecule has 11 heteroatoms. The van der Waals surface area contributed by atoms with E-state index in [2.05, 4.69) is 66.1 Å². The van der Waals surface area contributed by atoms with Gasteiger partial charge in [0.1, 0.15) is 6.04 Å². The van der Waals surface area contributed by atoms with Gasteiger partial charge in [-0.15, -0.1) is 0 Å². The average Bonchev–Trinajstić information content (AvgIpc) is 3.42. The molecule has 2 aromatic heterocycles. The van der Waals surface area contributed by atoms with Gasteiger partial charge in [0.2, 0.25) is 11.8 Å². The van der Waals surface area contributed by atoms with E-state index in [4.69, 9.17) is 10.7 Å². The van der Waals surface area contributed by atoms with Gasteiger partial charge in [-0.05, 0) is 76.5 Å². The molecule has 9 nitrogen and oxygen atoms in total. The van der Waals surface area contributed by atoms with E-state index in [1.54, 1.807) is 17.4 Å². The van der Waals surface area contributed by atoms with Crippen LogP contribution in [0, 0.1) is 0 Å². The molecule has 0 radical (unpaired) electrons. The van der Waals surface area contributed by atoms with E-state index in [-0.39, 0.29) is 17.9 Å². The highest BCUT2D eigenvalue weighted by molar-refractivity contribution is 9.10. The molecule has 218 valence electrons. The maximum atomic E-state index is 13.7. The van der Waals surface area contributed by atoms with Gasteiger partial charge in [-0.2, -0.15) is 0 Å². The number of nitrogens with one attached hydrogen (secondary N) is 1. The lowest BCUT2D eigenvalue weighted by atomic mass is 9.94. The van der Waals surface area contributed by atoms with Crippen LogP contribution in [0.5, 0.6) is 0 Å². The molecule has 1 aliphatic heterocycles. The van der Waals surface area contributed by atoms with Crippen LogP contribution in [0.4, 0.5) is 5.69 Å². The first-order valence-electron chi connectivity index (χ1n) is 14.3. The summed E-state index contributed by atoms with van der Waals surface area (Å²) in [4.78, 5) is 40.1. The number of halogens is 2. The monoisotopic (exact) mass is 685 g/mol. The minimum absolute atomic E-state index is 0.0442. The number of hydrogen-bond donors (Lipinski definition) is 2. The molecule has 1 aromatic carbocycles. The predicted octanol–water partition coefficient (Wildman–Crippen LogP) is 4.48. The molecule has 41 heavy (non-hydrogen) atoms. The summed E-state index contributed by atoms with van der Waals surface area (Å²) in [6, 6.07) is 5.40. The lowest BCUT2D eigenvalue weighted by Crippen LogP contribution is -2.61. The van der Waals surface area contributed by atoms with Gasteiger partial charge in [0.25, 0.3) is 0 Å².